The lowest BCUT2D eigenvalue weighted by atomic mass is 10.0. The molecular formula is C14H10BrF3N2. The molecule has 0 amide bonds. The van der Waals surface area contributed by atoms with Crippen LogP contribution >= 0.6 is 15.9 Å². The van der Waals surface area contributed by atoms with Gasteiger partial charge in [0.1, 0.15) is 11.6 Å². The maximum absolute atomic E-state index is 13.9. The quantitative estimate of drug-likeness (QED) is 0.896. The van der Waals surface area contributed by atoms with Gasteiger partial charge in [0.25, 0.3) is 0 Å². The second-order valence-electron chi connectivity index (χ2n) is 4.79. The summed E-state index contributed by atoms with van der Waals surface area (Å²) in [5, 5.41) is 2.84. The second kappa shape index (κ2) is 4.77. The Hall–Kier alpha value is -1.56. The largest absolute Gasteiger partial charge is 0.358 e. The minimum atomic E-state index is -0.906. The summed E-state index contributed by atoms with van der Waals surface area (Å²) in [5.41, 5.74) is -0.957. The zero-order valence-corrected chi connectivity index (χ0v) is 11.8. The Balaban J connectivity index is 1.98. The number of hydrogen-bond donors (Lipinski definition) is 1. The van der Waals surface area contributed by atoms with E-state index in [4.69, 9.17) is 0 Å². The highest BCUT2D eigenvalue weighted by Gasteiger charge is 2.48. The van der Waals surface area contributed by atoms with Gasteiger partial charge in [-0.25, -0.2) is 18.2 Å². The molecule has 104 valence electrons. The molecule has 1 aromatic heterocycles. The van der Waals surface area contributed by atoms with E-state index in [1.807, 2.05) is 0 Å². The summed E-state index contributed by atoms with van der Waals surface area (Å²) < 4.78 is 42.0. The minimum absolute atomic E-state index is 0.00615. The Labute approximate surface area is 122 Å². The van der Waals surface area contributed by atoms with Crippen LogP contribution in [-0.2, 0) is 5.54 Å². The second-order valence-corrected chi connectivity index (χ2v) is 5.70. The molecule has 1 heterocycles. The van der Waals surface area contributed by atoms with Crippen molar-refractivity contribution in [3.63, 3.8) is 0 Å². The number of pyridine rings is 1. The summed E-state index contributed by atoms with van der Waals surface area (Å²) in [4.78, 5) is 3.91. The first kappa shape index (κ1) is 13.4. The van der Waals surface area contributed by atoms with Gasteiger partial charge in [-0.2, -0.15) is 0 Å². The van der Waals surface area contributed by atoms with Crippen molar-refractivity contribution in [2.75, 3.05) is 5.32 Å². The lowest BCUT2D eigenvalue weighted by Gasteiger charge is -2.20. The lowest BCUT2D eigenvalue weighted by Crippen LogP contribution is -2.23. The molecule has 20 heavy (non-hydrogen) atoms. The SMILES string of the molecule is Fc1cc(Br)cnc1NC1(c2c(F)cccc2F)CC1. The number of halogens is 4. The van der Waals surface area contributed by atoms with E-state index in [1.165, 1.54) is 30.5 Å². The standard InChI is InChI=1S/C14H10BrF3N2/c15-8-6-11(18)13(19-7-8)20-14(4-5-14)12-9(16)2-1-3-10(12)17/h1-3,6-7H,4-5H2,(H,19,20). The average Bonchev–Trinajstić information content (AvgIpc) is 3.13. The summed E-state index contributed by atoms with van der Waals surface area (Å²) in [6.07, 6.45) is 2.49. The molecule has 0 radical (unpaired) electrons. The molecule has 1 saturated carbocycles. The molecule has 0 bridgehead atoms. The normalized spacial score (nSPS) is 16.0. The van der Waals surface area contributed by atoms with Crippen LogP contribution in [0, 0.1) is 17.5 Å². The average molecular weight is 343 g/mol. The number of anilines is 1. The van der Waals surface area contributed by atoms with E-state index in [2.05, 4.69) is 26.2 Å². The Kier molecular flexibility index (Phi) is 3.20. The van der Waals surface area contributed by atoms with Crippen LogP contribution in [0.5, 0.6) is 0 Å². The fourth-order valence-electron chi connectivity index (χ4n) is 2.25. The number of rotatable bonds is 3. The highest BCUT2D eigenvalue weighted by molar-refractivity contribution is 9.10. The Morgan fingerprint density at radius 1 is 1.10 bits per heavy atom. The summed E-state index contributed by atoms with van der Waals surface area (Å²) in [7, 11) is 0. The minimum Gasteiger partial charge on any atom is -0.358 e. The lowest BCUT2D eigenvalue weighted by molar-refractivity contribution is 0.529. The monoisotopic (exact) mass is 342 g/mol. The van der Waals surface area contributed by atoms with Crippen molar-refractivity contribution in [1.29, 1.82) is 0 Å². The van der Waals surface area contributed by atoms with E-state index in [0.717, 1.165) is 0 Å². The van der Waals surface area contributed by atoms with Gasteiger partial charge in [-0.15, -0.1) is 0 Å². The molecule has 1 N–H and O–H groups in total. The van der Waals surface area contributed by atoms with E-state index in [0.29, 0.717) is 17.3 Å². The van der Waals surface area contributed by atoms with Gasteiger partial charge < -0.3 is 5.32 Å². The summed E-state index contributed by atoms with van der Waals surface area (Å²) in [5.74, 6) is -1.84. The molecule has 0 unspecified atom stereocenters. The van der Waals surface area contributed by atoms with Crippen LogP contribution in [-0.4, -0.2) is 4.98 Å². The van der Waals surface area contributed by atoms with Crippen molar-refractivity contribution < 1.29 is 13.2 Å². The van der Waals surface area contributed by atoms with E-state index in [1.54, 1.807) is 0 Å². The molecular weight excluding hydrogens is 333 g/mol. The molecule has 0 spiro atoms. The Morgan fingerprint density at radius 3 is 2.30 bits per heavy atom. The van der Waals surface area contributed by atoms with Gasteiger partial charge in [-0.1, -0.05) is 6.07 Å². The first-order valence-electron chi connectivity index (χ1n) is 6.05. The number of nitrogens with one attached hydrogen (secondary N) is 1. The van der Waals surface area contributed by atoms with Crippen molar-refractivity contribution in [3.8, 4) is 0 Å². The van der Waals surface area contributed by atoms with Gasteiger partial charge in [-0.05, 0) is 47.0 Å². The first-order valence-corrected chi connectivity index (χ1v) is 6.85. The van der Waals surface area contributed by atoms with Gasteiger partial charge in [0.05, 0.1) is 5.54 Å². The molecule has 3 rings (SSSR count). The van der Waals surface area contributed by atoms with Crippen molar-refractivity contribution in [3.05, 3.63) is 58.0 Å². The Bertz CT molecular complexity index is 651. The summed E-state index contributed by atoms with van der Waals surface area (Å²) in [6, 6.07) is 4.96. The van der Waals surface area contributed by atoms with Crippen LogP contribution < -0.4 is 5.32 Å². The molecule has 1 aliphatic carbocycles. The van der Waals surface area contributed by atoms with Crippen LogP contribution in [0.1, 0.15) is 18.4 Å². The molecule has 2 aromatic rings. The van der Waals surface area contributed by atoms with Gasteiger partial charge in [0.15, 0.2) is 11.6 Å². The topological polar surface area (TPSA) is 24.9 Å². The summed E-state index contributed by atoms with van der Waals surface area (Å²) in [6.45, 7) is 0. The van der Waals surface area contributed by atoms with Crippen LogP contribution in [0.3, 0.4) is 0 Å². The maximum atomic E-state index is 13.9. The smallest absolute Gasteiger partial charge is 0.166 e. The van der Waals surface area contributed by atoms with Crippen molar-refractivity contribution in [1.82, 2.24) is 4.98 Å². The first-order chi connectivity index (χ1) is 9.52. The van der Waals surface area contributed by atoms with E-state index < -0.39 is 23.0 Å². The van der Waals surface area contributed by atoms with Gasteiger partial charge in [0, 0.05) is 16.2 Å². The van der Waals surface area contributed by atoms with E-state index in [-0.39, 0.29) is 11.4 Å². The van der Waals surface area contributed by atoms with Crippen LogP contribution in [0.4, 0.5) is 19.0 Å². The highest BCUT2D eigenvalue weighted by atomic mass is 79.9. The fourth-order valence-corrected chi connectivity index (χ4v) is 2.55. The predicted molar refractivity (Wildman–Crippen MR) is 72.8 cm³/mol. The van der Waals surface area contributed by atoms with E-state index >= 15 is 0 Å². The molecule has 1 aromatic carbocycles. The third-order valence-corrected chi connectivity index (χ3v) is 3.79. The van der Waals surface area contributed by atoms with E-state index in [9.17, 15) is 13.2 Å². The van der Waals surface area contributed by atoms with Crippen LogP contribution in [0.25, 0.3) is 0 Å². The number of benzene rings is 1. The highest BCUT2D eigenvalue weighted by Crippen LogP contribution is 2.50. The van der Waals surface area contributed by atoms with Gasteiger partial charge in [-0.3, -0.25) is 0 Å². The number of nitrogens with zero attached hydrogens (tertiary/aromatic N) is 1. The van der Waals surface area contributed by atoms with Crippen molar-refractivity contribution in [2.45, 2.75) is 18.4 Å². The van der Waals surface area contributed by atoms with Crippen molar-refractivity contribution in [2.24, 2.45) is 0 Å². The van der Waals surface area contributed by atoms with Gasteiger partial charge in [0.2, 0.25) is 0 Å². The third kappa shape index (κ3) is 2.28. The zero-order chi connectivity index (χ0) is 14.3. The van der Waals surface area contributed by atoms with Crippen LogP contribution in [0.15, 0.2) is 34.9 Å². The molecule has 0 atom stereocenters. The molecule has 6 heteroatoms. The summed E-state index contributed by atoms with van der Waals surface area (Å²) >= 11 is 3.11. The van der Waals surface area contributed by atoms with Crippen LogP contribution in [0.2, 0.25) is 0 Å². The zero-order valence-electron chi connectivity index (χ0n) is 10.3. The molecule has 2 nitrogen and oxygen atoms in total. The number of hydrogen-bond acceptors (Lipinski definition) is 2. The Morgan fingerprint density at radius 2 is 1.75 bits per heavy atom. The predicted octanol–water partition coefficient (Wildman–Crippen LogP) is 4.36. The fraction of sp³-hybridized carbons (Fsp3) is 0.214. The van der Waals surface area contributed by atoms with Gasteiger partial charge >= 0.3 is 0 Å². The van der Waals surface area contributed by atoms with Crippen molar-refractivity contribution >= 4 is 21.7 Å². The molecule has 1 aliphatic rings. The third-order valence-electron chi connectivity index (χ3n) is 3.36. The molecule has 1 fully saturated rings. The number of aromatic nitrogens is 1. The molecule has 0 aliphatic heterocycles. The molecule has 0 saturated heterocycles. The maximum Gasteiger partial charge on any atom is 0.166 e.